The molecule has 0 atom stereocenters. The van der Waals surface area contributed by atoms with E-state index in [4.69, 9.17) is 5.14 Å². The summed E-state index contributed by atoms with van der Waals surface area (Å²) in [6.45, 7) is 2.56. The maximum atomic E-state index is 11.1. The third-order valence-electron chi connectivity index (χ3n) is 2.02. The molecule has 5 heteroatoms. The number of primary sulfonamides is 1. The molecule has 14 heavy (non-hydrogen) atoms. The lowest BCUT2D eigenvalue weighted by molar-refractivity contribution is 0.597. The number of hydrogen-bond acceptors (Lipinski definition) is 3. The summed E-state index contributed by atoms with van der Waals surface area (Å²) < 4.78 is 22.1. The summed E-state index contributed by atoms with van der Waals surface area (Å²) in [6, 6.07) is 4.87. The van der Waals surface area contributed by atoms with Crippen LogP contribution >= 0.6 is 0 Å². The van der Waals surface area contributed by atoms with Crippen LogP contribution in [0.25, 0.3) is 0 Å². The monoisotopic (exact) mass is 214 g/mol. The van der Waals surface area contributed by atoms with Crippen molar-refractivity contribution in [3.05, 3.63) is 29.3 Å². The Morgan fingerprint density at radius 3 is 2.57 bits per heavy atom. The Hall–Kier alpha value is -0.910. The van der Waals surface area contributed by atoms with Crippen LogP contribution in [0.5, 0.6) is 0 Å². The van der Waals surface area contributed by atoms with E-state index in [1.807, 2.05) is 14.0 Å². The van der Waals surface area contributed by atoms with Gasteiger partial charge in [0.15, 0.2) is 0 Å². The van der Waals surface area contributed by atoms with Gasteiger partial charge in [-0.1, -0.05) is 6.07 Å². The molecule has 0 saturated carbocycles. The molecule has 0 heterocycles. The summed E-state index contributed by atoms with van der Waals surface area (Å²) in [5.74, 6) is 0. The number of nitrogens with one attached hydrogen (secondary N) is 1. The first-order valence-electron chi connectivity index (χ1n) is 4.22. The van der Waals surface area contributed by atoms with Crippen LogP contribution in [-0.4, -0.2) is 15.5 Å². The molecule has 0 fully saturated rings. The van der Waals surface area contributed by atoms with Crippen LogP contribution in [0.2, 0.25) is 0 Å². The van der Waals surface area contributed by atoms with Gasteiger partial charge in [-0.05, 0) is 37.2 Å². The lowest BCUT2D eigenvalue weighted by atomic mass is 10.1. The summed E-state index contributed by atoms with van der Waals surface area (Å²) >= 11 is 0. The van der Waals surface area contributed by atoms with Gasteiger partial charge in [-0.3, -0.25) is 0 Å². The highest BCUT2D eigenvalue weighted by atomic mass is 32.2. The standard InChI is InChI=1S/C9H14N2O2S/c1-7-3-4-9(14(10,12)13)5-8(7)6-11-2/h3-5,11H,6H2,1-2H3,(H2,10,12,13). The molecule has 0 bridgehead atoms. The summed E-state index contributed by atoms with van der Waals surface area (Å²) in [6.07, 6.45) is 0. The molecule has 4 nitrogen and oxygen atoms in total. The van der Waals surface area contributed by atoms with E-state index in [0.29, 0.717) is 6.54 Å². The molecule has 0 aliphatic rings. The van der Waals surface area contributed by atoms with Crippen LogP contribution in [-0.2, 0) is 16.6 Å². The van der Waals surface area contributed by atoms with E-state index < -0.39 is 10.0 Å². The lowest BCUT2D eigenvalue weighted by Gasteiger charge is -2.06. The minimum Gasteiger partial charge on any atom is -0.316 e. The Labute approximate surface area is 84.2 Å². The fourth-order valence-electron chi connectivity index (χ4n) is 1.21. The number of benzene rings is 1. The third kappa shape index (κ3) is 2.54. The average Bonchev–Trinajstić information content (AvgIpc) is 2.07. The first-order valence-corrected chi connectivity index (χ1v) is 5.76. The van der Waals surface area contributed by atoms with Crippen LogP contribution in [0.3, 0.4) is 0 Å². The topological polar surface area (TPSA) is 72.2 Å². The Morgan fingerprint density at radius 2 is 2.07 bits per heavy atom. The zero-order valence-corrected chi connectivity index (χ0v) is 9.06. The maximum absolute atomic E-state index is 11.1. The number of nitrogens with two attached hydrogens (primary N) is 1. The van der Waals surface area contributed by atoms with Crippen molar-refractivity contribution >= 4 is 10.0 Å². The van der Waals surface area contributed by atoms with Crippen LogP contribution < -0.4 is 10.5 Å². The SMILES string of the molecule is CNCc1cc(S(N)(=O)=O)ccc1C. The highest BCUT2D eigenvalue weighted by Gasteiger charge is 2.09. The van der Waals surface area contributed by atoms with Gasteiger partial charge in [-0.25, -0.2) is 13.6 Å². The first kappa shape index (κ1) is 11.2. The molecule has 0 spiro atoms. The van der Waals surface area contributed by atoms with Crippen molar-refractivity contribution in [2.75, 3.05) is 7.05 Å². The van der Waals surface area contributed by atoms with Crippen LogP contribution in [0.1, 0.15) is 11.1 Å². The second-order valence-electron chi connectivity index (χ2n) is 3.16. The van der Waals surface area contributed by atoms with Gasteiger partial charge < -0.3 is 5.32 Å². The van der Waals surface area contributed by atoms with Crippen molar-refractivity contribution < 1.29 is 8.42 Å². The van der Waals surface area contributed by atoms with Gasteiger partial charge in [0.25, 0.3) is 0 Å². The van der Waals surface area contributed by atoms with E-state index in [-0.39, 0.29) is 4.90 Å². The Bertz CT molecular complexity index is 426. The molecular formula is C9H14N2O2S. The van der Waals surface area contributed by atoms with Gasteiger partial charge in [0.1, 0.15) is 0 Å². The number of rotatable bonds is 3. The van der Waals surface area contributed by atoms with E-state index >= 15 is 0 Å². The van der Waals surface area contributed by atoms with Crippen molar-refractivity contribution in [2.45, 2.75) is 18.4 Å². The lowest BCUT2D eigenvalue weighted by Crippen LogP contribution is -2.14. The Balaban J connectivity index is 3.20. The molecule has 78 valence electrons. The summed E-state index contributed by atoms with van der Waals surface area (Å²) in [5.41, 5.74) is 1.99. The van der Waals surface area contributed by atoms with E-state index in [1.165, 1.54) is 6.07 Å². The van der Waals surface area contributed by atoms with Gasteiger partial charge >= 0.3 is 0 Å². The molecule has 3 N–H and O–H groups in total. The summed E-state index contributed by atoms with van der Waals surface area (Å²) in [7, 11) is -1.78. The highest BCUT2D eigenvalue weighted by Crippen LogP contribution is 2.14. The van der Waals surface area contributed by atoms with E-state index in [9.17, 15) is 8.42 Å². The second kappa shape index (κ2) is 4.08. The molecule has 0 amide bonds. The molecule has 0 aromatic heterocycles. The van der Waals surface area contributed by atoms with Crippen LogP contribution in [0.15, 0.2) is 23.1 Å². The van der Waals surface area contributed by atoms with Gasteiger partial charge in [-0.15, -0.1) is 0 Å². The zero-order valence-electron chi connectivity index (χ0n) is 8.24. The molecule has 0 saturated heterocycles. The van der Waals surface area contributed by atoms with Crippen LogP contribution in [0, 0.1) is 6.92 Å². The normalized spacial score (nSPS) is 11.6. The molecule has 1 rings (SSSR count). The summed E-state index contributed by atoms with van der Waals surface area (Å²) in [5, 5.41) is 7.99. The van der Waals surface area contributed by atoms with Crippen molar-refractivity contribution in [3.8, 4) is 0 Å². The van der Waals surface area contributed by atoms with E-state index in [1.54, 1.807) is 12.1 Å². The minimum atomic E-state index is -3.59. The largest absolute Gasteiger partial charge is 0.316 e. The average molecular weight is 214 g/mol. The van der Waals surface area contributed by atoms with Gasteiger partial charge in [0.2, 0.25) is 10.0 Å². The summed E-state index contributed by atoms with van der Waals surface area (Å²) in [4.78, 5) is 0.161. The number of sulfonamides is 1. The Morgan fingerprint density at radius 1 is 1.43 bits per heavy atom. The van der Waals surface area contributed by atoms with Crippen LogP contribution in [0.4, 0.5) is 0 Å². The van der Waals surface area contributed by atoms with Crippen molar-refractivity contribution in [1.29, 1.82) is 0 Å². The van der Waals surface area contributed by atoms with Gasteiger partial charge in [0, 0.05) is 6.54 Å². The minimum absolute atomic E-state index is 0.161. The smallest absolute Gasteiger partial charge is 0.238 e. The molecule has 1 aromatic carbocycles. The van der Waals surface area contributed by atoms with E-state index in [0.717, 1.165) is 11.1 Å². The number of aryl methyl sites for hydroxylation is 1. The predicted molar refractivity (Wildman–Crippen MR) is 55.3 cm³/mol. The predicted octanol–water partition coefficient (Wildman–Crippen LogP) is 0.362. The van der Waals surface area contributed by atoms with Gasteiger partial charge in [0.05, 0.1) is 4.90 Å². The molecule has 0 aliphatic heterocycles. The molecular weight excluding hydrogens is 200 g/mol. The molecule has 0 radical (unpaired) electrons. The van der Waals surface area contributed by atoms with E-state index in [2.05, 4.69) is 5.32 Å². The third-order valence-corrected chi connectivity index (χ3v) is 2.93. The molecule has 1 aromatic rings. The van der Waals surface area contributed by atoms with Crippen molar-refractivity contribution in [3.63, 3.8) is 0 Å². The quantitative estimate of drug-likeness (QED) is 0.763. The maximum Gasteiger partial charge on any atom is 0.238 e. The zero-order chi connectivity index (χ0) is 10.8. The van der Waals surface area contributed by atoms with Gasteiger partial charge in [-0.2, -0.15) is 0 Å². The fourth-order valence-corrected chi connectivity index (χ4v) is 1.77. The first-order chi connectivity index (χ1) is 6.45. The Kier molecular flexibility index (Phi) is 3.25. The highest BCUT2D eigenvalue weighted by molar-refractivity contribution is 7.89. The fraction of sp³-hybridized carbons (Fsp3) is 0.333. The van der Waals surface area contributed by atoms with Crippen molar-refractivity contribution in [2.24, 2.45) is 5.14 Å². The molecule has 0 aliphatic carbocycles. The molecule has 0 unspecified atom stereocenters. The van der Waals surface area contributed by atoms with Crippen molar-refractivity contribution in [1.82, 2.24) is 5.32 Å². The second-order valence-corrected chi connectivity index (χ2v) is 4.73. The number of hydrogen-bond donors (Lipinski definition) is 2.